The number of amides is 3. The Morgan fingerprint density at radius 1 is 0.977 bits per heavy atom. The summed E-state index contributed by atoms with van der Waals surface area (Å²) in [5.74, 6) is -1.08. The molecule has 1 saturated heterocycles. The summed E-state index contributed by atoms with van der Waals surface area (Å²) < 4.78 is 16.9. The Balaban J connectivity index is 1.29. The summed E-state index contributed by atoms with van der Waals surface area (Å²) in [6.07, 6.45) is 0. The van der Waals surface area contributed by atoms with Crippen LogP contribution in [0.15, 0.2) is 76.6 Å². The molecule has 3 atom stereocenters. The molecule has 0 radical (unpaired) electrons. The molecule has 0 aliphatic carbocycles. The minimum atomic E-state index is -0.765. The van der Waals surface area contributed by atoms with Gasteiger partial charge in [0.05, 0.1) is 30.3 Å². The van der Waals surface area contributed by atoms with E-state index >= 15 is 0 Å². The van der Waals surface area contributed by atoms with Crippen molar-refractivity contribution in [2.24, 2.45) is 5.92 Å². The minimum absolute atomic E-state index is 0.269. The van der Waals surface area contributed by atoms with Gasteiger partial charge >= 0.3 is 4.87 Å². The maximum atomic E-state index is 13.9. The highest BCUT2D eigenvalue weighted by Crippen LogP contribution is 2.53. The topological polar surface area (TPSA) is 127 Å². The van der Waals surface area contributed by atoms with Crippen molar-refractivity contribution in [2.45, 2.75) is 23.1 Å². The molecule has 0 saturated carbocycles. The normalized spacial score (nSPS) is 18.9. The Morgan fingerprint density at radius 2 is 1.73 bits per heavy atom. The van der Waals surface area contributed by atoms with Gasteiger partial charge in [-0.1, -0.05) is 40.8 Å². The van der Waals surface area contributed by atoms with Gasteiger partial charge in [0.25, 0.3) is 5.91 Å². The fourth-order valence-corrected chi connectivity index (χ4v) is 7.98. The predicted octanol–water partition coefficient (Wildman–Crippen LogP) is 5.31. The van der Waals surface area contributed by atoms with Gasteiger partial charge in [0.2, 0.25) is 11.8 Å². The van der Waals surface area contributed by atoms with Crippen molar-refractivity contribution in [3.8, 4) is 17.2 Å². The molecule has 13 heteroatoms. The van der Waals surface area contributed by atoms with Crippen molar-refractivity contribution in [3.05, 3.63) is 91.9 Å². The molecule has 3 aromatic carbocycles. The van der Waals surface area contributed by atoms with E-state index in [4.69, 9.17) is 25.8 Å². The summed E-state index contributed by atoms with van der Waals surface area (Å²) in [6.45, 7) is 1.86. The van der Waals surface area contributed by atoms with Crippen molar-refractivity contribution in [3.63, 3.8) is 0 Å². The summed E-state index contributed by atoms with van der Waals surface area (Å²) >= 11 is 8.27. The molecule has 6 rings (SSSR count). The number of hydrogen-bond donors (Lipinski definition) is 2. The number of aromatic amines is 1. The van der Waals surface area contributed by atoms with Gasteiger partial charge in [0, 0.05) is 21.5 Å². The summed E-state index contributed by atoms with van der Waals surface area (Å²) in [4.78, 5) is 57.1. The summed E-state index contributed by atoms with van der Waals surface area (Å²) in [7, 11) is 1.56. The van der Waals surface area contributed by atoms with Crippen LogP contribution in [0.5, 0.6) is 17.2 Å². The standard InChI is InChI=1S/C31H26ClN3O7S2/c1-3-41-22-14-16(4-13-21(22)42-15-23(36)33-18-7-11-20(40-2)12-8-18)24-25-27(43-28-26(24)44-31(39)34-28)30(38)35(29(25)37)19-9-5-17(32)6-10-19/h4-14,24-25,27H,3,15H2,1-2H3,(H,33,36)(H,34,39). The first kappa shape index (κ1) is 29.8. The number of fused-ring (bicyclic) bond motifs is 2. The van der Waals surface area contributed by atoms with E-state index in [1.165, 1.54) is 16.7 Å². The molecule has 0 bridgehead atoms. The monoisotopic (exact) mass is 651 g/mol. The molecule has 0 spiro atoms. The number of halogens is 1. The molecule has 10 nitrogen and oxygen atoms in total. The summed E-state index contributed by atoms with van der Waals surface area (Å²) in [5, 5.41) is 3.08. The zero-order chi connectivity index (χ0) is 31.0. The molecule has 3 unspecified atom stereocenters. The quantitative estimate of drug-likeness (QED) is 0.233. The van der Waals surface area contributed by atoms with Gasteiger partial charge in [-0.3, -0.25) is 19.2 Å². The Labute approximate surface area is 265 Å². The zero-order valence-corrected chi connectivity index (χ0v) is 25.9. The first-order valence-electron chi connectivity index (χ1n) is 13.6. The lowest BCUT2D eigenvalue weighted by molar-refractivity contribution is -0.122. The molecule has 3 amide bonds. The molecular weight excluding hydrogens is 626 g/mol. The van der Waals surface area contributed by atoms with Gasteiger partial charge in [0.1, 0.15) is 11.0 Å². The van der Waals surface area contributed by atoms with Gasteiger partial charge in [0.15, 0.2) is 18.1 Å². The molecule has 2 aliphatic rings. The third-order valence-corrected chi connectivity index (χ3v) is 9.92. The van der Waals surface area contributed by atoms with Crippen molar-refractivity contribution < 1.29 is 28.6 Å². The van der Waals surface area contributed by atoms with E-state index in [2.05, 4.69) is 10.3 Å². The van der Waals surface area contributed by atoms with Crippen LogP contribution in [0.4, 0.5) is 11.4 Å². The first-order chi connectivity index (χ1) is 21.3. The van der Waals surface area contributed by atoms with Crippen LogP contribution in [-0.4, -0.2) is 48.3 Å². The number of hydrogen-bond acceptors (Lipinski definition) is 9. The van der Waals surface area contributed by atoms with E-state index in [1.54, 1.807) is 73.8 Å². The maximum absolute atomic E-state index is 13.9. The Bertz CT molecular complexity index is 1790. The number of carbonyl (C=O) groups excluding carboxylic acids is 3. The molecule has 226 valence electrons. The number of carbonyl (C=O) groups is 3. The van der Waals surface area contributed by atoms with Gasteiger partial charge in [-0.15, -0.1) is 0 Å². The van der Waals surface area contributed by atoms with Crippen LogP contribution in [0, 0.1) is 5.92 Å². The van der Waals surface area contributed by atoms with Crippen molar-refractivity contribution in [1.29, 1.82) is 0 Å². The van der Waals surface area contributed by atoms with E-state index in [0.717, 1.165) is 11.3 Å². The van der Waals surface area contributed by atoms with Crippen LogP contribution in [0.2, 0.25) is 5.02 Å². The number of thiazole rings is 1. The number of ether oxygens (including phenoxy) is 3. The molecule has 3 heterocycles. The number of methoxy groups -OCH3 is 1. The highest BCUT2D eigenvalue weighted by Gasteiger charge is 2.56. The van der Waals surface area contributed by atoms with E-state index in [-0.39, 0.29) is 29.2 Å². The molecule has 2 N–H and O–H groups in total. The van der Waals surface area contributed by atoms with E-state index in [1.807, 2.05) is 6.92 Å². The number of nitrogens with one attached hydrogen (secondary N) is 2. The number of anilines is 2. The Morgan fingerprint density at radius 3 is 2.43 bits per heavy atom. The molecule has 1 fully saturated rings. The number of aromatic nitrogens is 1. The molecule has 2 aliphatic heterocycles. The Kier molecular flexibility index (Phi) is 8.39. The van der Waals surface area contributed by atoms with Crippen LogP contribution in [0.25, 0.3) is 0 Å². The maximum Gasteiger partial charge on any atom is 0.305 e. The fourth-order valence-electron chi connectivity index (χ4n) is 5.34. The van der Waals surface area contributed by atoms with Crippen LogP contribution < -0.4 is 29.3 Å². The SMILES string of the molecule is CCOc1cc(C2c3sc(=O)[nH]c3SC3C(=O)N(c4ccc(Cl)cc4)C(=O)C32)ccc1OCC(=O)Nc1ccc(OC)cc1. The second kappa shape index (κ2) is 12.4. The predicted molar refractivity (Wildman–Crippen MR) is 169 cm³/mol. The number of nitrogens with zero attached hydrogens (tertiary/aromatic N) is 1. The zero-order valence-electron chi connectivity index (χ0n) is 23.5. The summed E-state index contributed by atoms with van der Waals surface area (Å²) in [5.41, 5.74) is 1.70. The fraction of sp³-hybridized carbons (Fsp3) is 0.226. The molecule has 44 heavy (non-hydrogen) atoms. The van der Waals surface area contributed by atoms with Crippen LogP contribution in [-0.2, 0) is 14.4 Å². The van der Waals surface area contributed by atoms with E-state index < -0.39 is 17.1 Å². The largest absolute Gasteiger partial charge is 0.497 e. The van der Waals surface area contributed by atoms with Crippen LogP contribution in [0.1, 0.15) is 23.3 Å². The highest BCUT2D eigenvalue weighted by molar-refractivity contribution is 8.00. The average molecular weight is 652 g/mol. The van der Waals surface area contributed by atoms with Gasteiger partial charge in [-0.05, 0) is 73.2 Å². The van der Waals surface area contributed by atoms with Gasteiger partial charge in [-0.2, -0.15) is 0 Å². The van der Waals surface area contributed by atoms with Crippen molar-refractivity contribution in [1.82, 2.24) is 4.98 Å². The third kappa shape index (κ3) is 5.68. The summed E-state index contributed by atoms with van der Waals surface area (Å²) in [6, 6.07) is 18.6. The smallest absolute Gasteiger partial charge is 0.305 e. The third-order valence-electron chi connectivity index (χ3n) is 7.27. The second-order valence-corrected chi connectivity index (χ2v) is 12.5. The Hall–Kier alpha value is -4.26. The minimum Gasteiger partial charge on any atom is -0.497 e. The first-order valence-corrected chi connectivity index (χ1v) is 15.7. The van der Waals surface area contributed by atoms with Crippen LogP contribution >= 0.6 is 34.7 Å². The number of rotatable bonds is 9. The molecule has 4 aromatic rings. The number of thioether (sulfide) groups is 1. The number of imide groups is 1. The van der Waals surface area contributed by atoms with Gasteiger partial charge in [-0.25, -0.2) is 4.90 Å². The van der Waals surface area contributed by atoms with Crippen molar-refractivity contribution >= 4 is 63.8 Å². The highest BCUT2D eigenvalue weighted by atomic mass is 35.5. The lowest BCUT2D eigenvalue weighted by atomic mass is 9.83. The second-order valence-electron chi connectivity index (χ2n) is 9.94. The van der Waals surface area contributed by atoms with Crippen LogP contribution in [0.3, 0.4) is 0 Å². The van der Waals surface area contributed by atoms with Gasteiger partial charge < -0.3 is 24.5 Å². The molecule has 1 aromatic heterocycles. The lowest BCUT2D eigenvalue weighted by Gasteiger charge is -2.30. The number of benzene rings is 3. The average Bonchev–Trinajstić information content (AvgIpc) is 3.51. The van der Waals surface area contributed by atoms with E-state index in [0.29, 0.717) is 55.7 Å². The molecular formula is C31H26ClN3O7S2. The van der Waals surface area contributed by atoms with Crippen molar-refractivity contribution in [2.75, 3.05) is 30.5 Å². The number of H-pyrrole nitrogens is 1. The lowest BCUT2D eigenvalue weighted by Crippen LogP contribution is -2.32. The van der Waals surface area contributed by atoms with E-state index in [9.17, 15) is 19.2 Å².